The van der Waals surface area contributed by atoms with Crippen LogP contribution in [0.1, 0.15) is 27.7 Å². The van der Waals surface area contributed by atoms with Gasteiger partial charge in [-0.1, -0.05) is 13.8 Å². The molecule has 112 valence electrons. The fourth-order valence-corrected chi connectivity index (χ4v) is 1.67. The number of carbonyl (C=O) groups excluding carboxylic acids is 2. The molecule has 0 aliphatic carbocycles. The molecule has 0 spiro atoms. The number of urea groups is 1. The van der Waals surface area contributed by atoms with Crippen molar-refractivity contribution in [2.75, 3.05) is 27.2 Å². The lowest BCUT2D eigenvalue weighted by atomic mass is 10.0. The Morgan fingerprint density at radius 1 is 1.16 bits per heavy atom. The van der Waals surface area contributed by atoms with E-state index in [9.17, 15) is 9.59 Å². The second-order valence-electron chi connectivity index (χ2n) is 5.35. The van der Waals surface area contributed by atoms with Gasteiger partial charge in [0, 0.05) is 19.1 Å². The zero-order chi connectivity index (χ0) is 15.0. The van der Waals surface area contributed by atoms with Gasteiger partial charge in [0.25, 0.3) is 0 Å². The Labute approximate surface area is 116 Å². The van der Waals surface area contributed by atoms with Crippen molar-refractivity contribution in [3.63, 3.8) is 0 Å². The molecule has 0 radical (unpaired) electrons. The fraction of sp³-hybridized carbons (Fsp3) is 0.846. The molecule has 2 atom stereocenters. The molecule has 2 unspecified atom stereocenters. The van der Waals surface area contributed by atoms with Crippen LogP contribution in [0.4, 0.5) is 4.79 Å². The highest BCUT2D eigenvalue weighted by Gasteiger charge is 2.21. The lowest BCUT2D eigenvalue weighted by molar-refractivity contribution is -0.121. The average molecular weight is 272 g/mol. The molecule has 3 N–H and O–H groups in total. The van der Waals surface area contributed by atoms with Crippen molar-refractivity contribution < 1.29 is 9.59 Å². The maximum atomic E-state index is 11.8. The predicted octanol–water partition coefficient (Wildman–Crippen LogP) is 0.396. The second-order valence-corrected chi connectivity index (χ2v) is 5.35. The van der Waals surface area contributed by atoms with Crippen molar-refractivity contribution >= 4 is 11.9 Å². The molecule has 0 aromatic rings. The number of hydrogen-bond acceptors (Lipinski definition) is 4. The predicted molar refractivity (Wildman–Crippen MR) is 77.0 cm³/mol. The van der Waals surface area contributed by atoms with Crippen molar-refractivity contribution in [1.29, 1.82) is 0 Å². The van der Waals surface area contributed by atoms with E-state index >= 15 is 0 Å². The van der Waals surface area contributed by atoms with Crippen molar-refractivity contribution in [1.82, 2.24) is 20.9 Å². The standard InChI is InChI=1S/C13H28N4O2/c1-7-14-13(19)16-12(18)10(4)15-11(9(2)3)8-17(5)6/h9-11,15H,7-8H2,1-6H3,(H2,14,16,18,19). The quantitative estimate of drug-likeness (QED) is 0.627. The highest BCUT2D eigenvalue weighted by atomic mass is 16.2. The monoisotopic (exact) mass is 272 g/mol. The van der Waals surface area contributed by atoms with Gasteiger partial charge in [0.1, 0.15) is 0 Å². The van der Waals surface area contributed by atoms with E-state index in [2.05, 4.69) is 34.7 Å². The summed E-state index contributed by atoms with van der Waals surface area (Å²) in [6.45, 7) is 9.12. The Bertz CT molecular complexity index is 292. The third-order valence-electron chi connectivity index (χ3n) is 2.80. The van der Waals surface area contributed by atoms with Gasteiger partial charge < -0.3 is 15.5 Å². The van der Waals surface area contributed by atoms with Crippen LogP contribution in [0.5, 0.6) is 0 Å². The van der Waals surface area contributed by atoms with E-state index in [1.165, 1.54) is 0 Å². The minimum atomic E-state index is -0.449. The molecular weight excluding hydrogens is 244 g/mol. The minimum absolute atomic E-state index is 0.199. The Kier molecular flexibility index (Phi) is 8.34. The summed E-state index contributed by atoms with van der Waals surface area (Å²) in [6.07, 6.45) is 0. The Morgan fingerprint density at radius 3 is 2.16 bits per heavy atom. The summed E-state index contributed by atoms with van der Waals surface area (Å²) in [4.78, 5) is 25.2. The molecule has 0 aliphatic rings. The molecule has 0 heterocycles. The van der Waals surface area contributed by atoms with Crippen molar-refractivity contribution in [3.05, 3.63) is 0 Å². The van der Waals surface area contributed by atoms with E-state index in [0.29, 0.717) is 12.5 Å². The molecule has 0 rings (SSSR count). The number of rotatable bonds is 7. The molecule has 6 heteroatoms. The normalized spacial score (nSPS) is 14.3. The van der Waals surface area contributed by atoms with Gasteiger partial charge in [0.15, 0.2) is 0 Å². The van der Waals surface area contributed by atoms with Crippen LogP contribution in [0, 0.1) is 5.92 Å². The van der Waals surface area contributed by atoms with Gasteiger partial charge in [-0.25, -0.2) is 4.79 Å². The zero-order valence-electron chi connectivity index (χ0n) is 12.9. The molecule has 0 fully saturated rings. The number of amides is 3. The molecule has 19 heavy (non-hydrogen) atoms. The number of nitrogens with zero attached hydrogens (tertiary/aromatic N) is 1. The smallest absolute Gasteiger partial charge is 0.321 e. The maximum absolute atomic E-state index is 11.8. The molecule has 0 aromatic carbocycles. The van der Waals surface area contributed by atoms with Crippen LogP contribution in [-0.4, -0.2) is 56.1 Å². The number of carbonyl (C=O) groups is 2. The van der Waals surface area contributed by atoms with Crippen LogP contribution in [0.2, 0.25) is 0 Å². The van der Waals surface area contributed by atoms with Gasteiger partial charge in [0.2, 0.25) is 5.91 Å². The summed E-state index contributed by atoms with van der Waals surface area (Å²) >= 11 is 0. The number of likely N-dealkylation sites (N-methyl/N-ethyl adjacent to an activating group) is 1. The maximum Gasteiger partial charge on any atom is 0.321 e. The molecule has 3 amide bonds. The van der Waals surface area contributed by atoms with Gasteiger partial charge in [-0.05, 0) is 33.9 Å². The first-order chi connectivity index (χ1) is 8.77. The van der Waals surface area contributed by atoms with Crippen LogP contribution >= 0.6 is 0 Å². The molecule has 0 bridgehead atoms. The van der Waals surface area contributed by atoms with Crippen molar-refractivity contribution in [2.45, 2.75) is 39.8 Å². The summed E-state index contributed by atoms with van der Waals surface area (Å²) in [5, 5.41) is 8.11. The van der Waals surface area contributed by atoms with E-state index in [1.54, 1.807) is 13.8 Å². The summed E-state index contributed by atoms with van der Waals surface area (Å²) in [7, 11) is 3.99. The third-order valence-corrected chi connectivity index (χ3v) is 2.80. The lowest BCUT2D eigenvalue weighted by Crippen LogP contribution is -2.53. The number of hydrogen-bond donors (Lipinski definition) is 3. The lowest BCUT2D eigenvalue weighted by Gasteiger charge is -2.28. The van der Waals surface area contributed by atoms with Crippen molar-refractivity contribution in [3.8, 4) is 0 Å². The van der Waals surface area contributed by atoms with Crippen molar-refractivity contribution in [2.24, 2.45) is 5.92 Å². The molecular formula is C13H28N4O2. The summed E-state index contributed by atoms with van der Waals surface area (Å²) < 4.78 is 0. The zero-order valence-corrected chi connectivity index (χ0v) is 12.9. The van der Waals surface area contributed by atoms with E-state index in [0.717, 1.165) is 6.54 Å². The Morgan fingerprint density at radius 2 is 1.74 bits per heavy atom. The molecule has 0 aromatic heterocycles. The first kappa shape index (κ1) is 17.9. The molecule has 0 saturated carbocycles. The van der Waals surface area contributed by atoms with Crippen LogP contribution in [0.3, 0.4) is 0 Å². The fourth-order valence-electron chi connectivity index (χ4n) is 1.67. The van der Waals surface area contributed by atoms with Crippen LogP contribution in [0.25, 0.3) is 0 Å². The van der Waals surface area contributed by atoms with Crippen LogP contribution in [-0.2, 0) is 4.79 Å². The molecule has 6 nitrogen and oxygen atoms in total. The van der Waals surface area contributed by atoms with E-state index in [1.807, 2.05) is 14.1 Å². The largest absolute Gasteiger partial charge is 0.338 e. The van der Waals surface area contributed by atoms with E-state index in [-0.39, 0.29) is 11.9 Å². The van der Waals surface area contributed by atoms with Gasteiger partial charge in [-0.2, -0.15) is 0 Å². The van der Waals surface area contributed by atoms with E-state index in [4.69, 9.17) is 0 Å². The highest BCUT2D eigenvalue weighted by Crippen LogP contribution is 2.04. The summed E-state index contributed by atoms with van der Waals surface area (Å²) in [5.74, 6) is 0.0949. The van der Waals surface area contributed by atoms with Crippen LogP contribution < -0.4 is 16.0 Å². The first-order valence-electron chi connectivity index (χ1n) is 6.77. The third kappa shape index (κ3) is 7.79. The molecule has 0 aliphatic heterocycles. The van der Waals surface area contributed by atoms with E-state index < -0.39 is 12.1 Å². The summed E-state index contributed by atoms with van der Waals surface area (Å²) in [5.41, 5.74) is 0. The molecule has 0 saturated heterocycles. The Hall–Kier alpha value is -1.14. The van der Waals surface area contributed by atoms with Gasteiger partial charge >= 0.3 is 6.03 Å². The van der Waals surface area contributed by atoms with Gasteiger partial charge in [0.05, 0.1) is 6.04 Å². The SMILES string of the molecule is CCNC(=O)NC(=O)C(C)NC(CN(C)C)C(C)C. The van der Waals surface area contributed by atoms with Gasteiger partial charge in [-0.15, -0.1) is 0 Å². The second kappa shape index (κ2) is 8.87. The average Bonchev–Trinajstić information content (AvgIpc) is 2.27. The number of nitrogens with one attached hydrogen (secondary N) is 3. The number of imide groups is 1. The minimum Gasteiger partial charge on any atom is -0.338 e. The van der Waals surface area contributed by atoms with Crippen LogP contribution in [0.15, 0.2) is 0 Å². The Balaban J connectivity index is 4.34. The first-order valence-corrected chi connectivity index (χ1v) is 6.77. The topological polar surface area (TPSA) is 73.5 Å². The highest BCUT2D eigenvalue weighted by molar-refractivity contribution is 5.96. The summed E-state index contributed by atoms with van der Waals surface area (Å²) in [6, 6.07) is -0.658. The van der Waals surface area contributed by atoms with Gasteiger partial charge in [-0.3, -0.25) is 10.1 Å².